The van der Waals surface area contributed by atoms with Crippen molar-refractivity contribution in [1.82, 2.24) is 9.21 Å². The maximum atomic E-state index is 13.5. The van der Waals surface area contributed by atoms with E-state index in [1.807, 2.05) is 6.92 Å². The molecule has 1 heterocycles. The minimum absolute atomic E-state index is 0.00964. The Morgan fingerprint density at radius 1 is 1.34 bits per heavy atom. The highest BCUT2D eigenvalue weighted by atomic mass is 32.2. The van der Waals surface area contributed by atoms with E-state index in [0.29, 0.717) is 24.4 Å². The van der Waals surface area contributed by atoms with E-state index >= 15 is 0 Å². The van der Waals surface area contributed by atoms with Crippen LogP contribution in [0.5, 0.6) is 5.75 Å². The van der Waals surface area contributed by atoms with Gasteiger partial charge in [0.25, 0.3) is 0 Å². The Labute approximate surface area is 192 Å². The van der Waals surface area contributed by atoms with Crippen LogP contribution in [0.3, 0.4) is 0 Å². The van der Waals surface area contributed by atoms with Crippen molar-refractivity contribution in [3.05, 3.63) is 23.8 Å². The molecule has 2 rings (SSSR count). The van der Waals surface area contributed by atoms with Crippen LogP contribution in [0.2, 0.25) is 0 Å². The first kappa shape index (κ1) is 26.2. The van der Waals surface area contributed by atoms with E-state index < -0.39 is 22.2 Å². The summed E-state index contributed by atoms with van der Waals surface area (Å²) in [7, 11) is -2.17. The standard InChI is InChI=1S/C24H36N2O5S/c1-7-24(28)25(6)15-22-18(4)14-26(19(5)16-27)32(29,30)23-12-11-20(13-21(23)31-22)10-8-9-17(2)3/h11-13,17-19,22,27H,7,9,14-16H2,1-6H3/t18-,19-,22+/m0/s1. The fourth-order valence-electron chi connectivity index (χ4n) is 3.52. The molecule has 0 saturated carbocycles. The molecule has 0 fully saturated rings. The van der Waals surface area contributed by atoms with Gasteiger partial charge in [-0.3, -0.25) is 4.79 Å². The quantitative estimate of drug-likeness (QED) is 0.654. The molecule has 178 valence electrons. The first-order chi connectivity index (χ1) is 15.0. The third kappa shape index (κ3) is 6.25. The molecule has 1 aliphatic rings. The Kier molecular flexibility index (Phi) is 9.14. The number of aliphatic hydroxyl groups excluding tert-OH is 1. The lowest BCUT2D eigenvalue weighted by molar-refractivity contribution is -0.131. The van der Waals surface area contributed by atoms with E-state index in [-0.39, 0.29) is 35.6 Å². The number of sulfonamides is 1. The SMILES string of the molecule is CCC(=O)N(C)C[C@H]1Oc2cc(C#CCC(C)C)ccc2S(=O)(=O)N([C@@H](C)CO)C[C@@H]1C. The number of ether oxygens (including phenoxy) is 1. The molecule has 0 bridgehead atoms. The van der Waals surface area contributed by atoms with Crippen molar-refractivity contribution in [1.29, 1.82) is 0 Å². The Morgan fingerprint density at radius 2 is 2.03 bits per heavy atom. The van der Waals surface area contributed by atoms with Gasteiger partial charge in [-0.1, -0.05) is 39.5 Å². The summed E-state index contributed by atoms with van der Waals surface area (Å²) < 4.78 is 34.5. The summed E-state index contributed by atoms with van der Waals surface area (Å²) in [6, 6.07) is 4.28. The molecule has 1 N–H and O–H groups in total. The molecule has 0 radical (unpaired) electrons. The van der Waals surface area contributed by atoms with Crippen molar-refractivity contribution < 1.29 is 23.1 Å². The number of carbonyl (C=O) groups excluding carboxylic acids is 1. The monoisotopic (exact) mass is 464 g/mol. The van der Waals surface area contributed by atoms with Crippen molar-refractivity contribution in [2.45, 2.75) is 64.5 Å². The van der Waals surface area contributed by atoms with Crippen LogP contribution in [0.4, 0.5) is 0 Å². The molecule has 0 saturated heterocycles. The molecule has 0 spiro atoms. The molecular weight excluding hydrogens is 428 g/mol. The van der Waals surface area contributed by atoms with Crippen molar-refractivity contribution in [3.63, 3.8) is 0 Å². The van der Waals surface area contributed by atoms with Gasteiger partial charge >= 0.3 is 0 Å². The predicted molar refractivity (Wildman–Crippen MR) is 125 cm³/mol. The van der Waals surface area contributed by atoms with Crippen LogP contribution < -0.4 is 4.74 Å². The normalized spacial score (nSPS) is 21.4. The van der Waals surface area contributed by atoms with E-state index in [1.165, 1.54) is 10.4 Å². The Balaban J connectivity index is 2.55. The molecule has 7 nitrogen and oxygen atoms in total. The first-order valence-corrected chi connectivity index (χ1v) is 12.6. The summed E-state index contributed by atoms with van der Waals surface area (Å²) in [4.78, 5) is 13.8. The maximum Gasteiger partial charge on any atom is 0.247 e. The van der Waals surface area contributed by atoms with Gasteiger partial charge in [-0.25, -0.2) is 8.42 Å². The molecular formula is C24H36N2O5S. The Bertz CT molecular complexity index is 964. The average molecular weight is 465 g/mol. The fraction of sp³-hybridized carbons (Fsp3) is 0.625. The van der Waals surface area contributed by atoms with Crippen molar-refractivity contribution in [2.24, 2.45) is 11.8 Å². The lowest BCUT2D eigenvalue weighted by Gasteiger charge is -2.37. The smallest absolute Gasteiger partial charge is 0.247 e. The second kappa shape index (κ2) is 11.2. The molecule has 8 heteroatoms. The molecule has 1 aromatic carbocycles. The highest BCUT2D eigenvalue weighted by Crippen LogP contribution is 2.34. The van der Waals surface area contributed by atoms with Crippen LogP contribution >= 0.6 is 0 Å². The Morgan fingerprint density at radius 3 is 2.62 bits per heavy atom. The van der Waals surface area contributed by atoms with Crippen LogP contribution in [-0.2, 0) is 14.8 Å². The zero-order valence-corrected chi connectivity index (χ0v) is 20.8. The number of amides is 1. The molecule has 1 amide bonds. The highest BCUT2D eigenvalue weighted by molar-refractivity contribution is 7.89. The predicted octanol–water partition coefficient (Wildman–Crippen LogP) is 2.72. The maximum absolute atomic E-state index is 13.5. The summed E-state index contributed by atoms with van der Waals surface area (Å²) in [5.41, 5.74) is 0.673. The molecule has 1 aliphatic heterocycles. The summed E-state index contributed by atoms with van der Waals surface area (Å²) in [5.74, 6) is 6.65. The number of fused-ring (bicyclic) bond motifs is 1. The van der Waals surface area contributed by atoms with Gasteiger partial charge in [0.1, 0.15) is 16.7 Å². The van der Waals surface area contributed by atoms with Crippen LogP contribution in [0.25, 0.3) is 0 Å². The number of aliphatic hydroxyl groups is 1. The molecule has 1 aromatic rings. The molecule has 0 aliphatic carbocycles. The number of rotatable bonds is 6. The second-order valence-electron chi connectivity index (χ2n) is 8.93. The number of benzene rings is 1. The van der Waals surface area contributed by atoms with Gasteiger partial charge in [0.15, 0.2) is 0 Å². The van der Waals surface area contributed by atoms with Crippen LogP contribution in [0, 0.1) is 23.7 Å². The average Bonchev–Trinajstić information content (AvgIpc) is 2.74. The largest absolute Gasteiger partial charge is 0.487 e. The molecule has 0 aromatic heterocycles. The van der Waals surface area contributed by atoms with Gasteiger partial charge in [0.05, 0.1) is 13.2 Å². The number of carbonyl (C=O) groups is 1. The number of likely N-dealkylation sites (N-methyl/N-ethyl adjacent to an activating group) is 1. The van der Waals surface area contributed by atoms with E-state index in [1.54, 1.807) is 37.9 Å². The summed E-state index contributed by atoms with van der Waals surface area (Å²) >= 11 is 0. The van der Waals surface area contributed by atoms with Crippen molar-refractivity contribution in [2.75, 3.05) is 26.7 Å². The van der Waals surface area contributed by atoms with E-state index in [4.69, 9.17) is 4.74 Å². The molecule has 3 atom stereocenters. The van der Waals surface area contributed by atoms with Gasteiger partial charge in [0, 0.05) is 44.0 Å². The number of hydrogen-bond acceptors (Lipinski definition) is 5. The van der Waals surface area contributed by atoms with E-state index in [0.717, 1.165) is 6.42 Å². The summed E-state index contributed by atoms with van der Waals surface area (Å²) in [6.07, 6.45) is 0.699. The van der Waals surface area contributed by atoms with Gasteiger partial charge in [-0.15, -0.1) is 0 Å². The van der Waals surface area contributed by atoms with Gasteiger partial charge in [-0.05, 0) is 31.0 Å². The van der Waals surface area contributed by atoms with E-state index in [2.05, 4.69) is 25.7 Å². The van der Waals surface area contributed by atoms with Crippen molar-refractivity contribution in [3.8, 4) is 17.6 Å². The minimum atomic E-state index is -3.89. The van der Waals surface area contributed by atoms with Crippen molar-refractivity contribution >= 4 is 15.9 Å². The number of hydrogen-bond donors (Lipinski definition) is 1. The zero-order valence-electron chi connectivity index (χ0n) is 20.0. The minimum Gasteiger partial charge on any atom is -0.487 e. The van der Waals surface area contributed by atoms with Crippen LogP contribution in [-0.4, -0.2) is 67.5 Å². The summed E-state index contributed by atoms with van der Waals surface area (Å²) in [5, 5.41) is 9.71. The first-order valence-electron chi connectivity index (χ1n) is 11.2. The van der Waals surface area contributed by atoms with Gasteiger partial charge in [0.2, 0.25) is 15.9 Å². The molecule has 0 unspecified atom stereocenters. The highest BCUT2D eigenvalue weighted by Gasteiger charge is 2.38. The fourth-order valence-corrected chi connectivity index (χ4v) is 5.35. The Hall–Kier alpha value is -2.08. The molecule has 32 heavy (non-hydrogen) atoms. The van der Waals surface area contributed by atoms with Gasteiger partial charge < -0.3 is 14.7 Å². The third-order valence-electron chi connectivity index (χ3n) is 5.59. The lowest BCUT2D eigenvalue weighted by Crippen LogP contribution is -2.50. The topological polar surface area (TPSA) is 87.2 Å². The van der Waals surface area contributed by atoms with Gasteiger partial charge in [-0.2, -0.15) is 4.31 Å². The lowest BCUT2D eigenvalue weighted by atomic mass is 10.0. The zero-order chi connectivity index (χ0) is 24.1. The third-order valence-corrected chi connectivity index (χ3v) is 7.61. The summed E-state index contributed by atoms with van der Waals surface area (Å²) in [6.45, 7) is 9.77. The second-order valence-corrected chi connectivity index (χ2v) is 10.8. The van der Waals surface area contributed by atoms with E-state index in [9.17, 15) is 18.3 Å². The van der Waals surface area contributed by atoms with Crippen LogP contribution in [0.1, 0.15) is 53.0 Å². The van der Waals surface area contributed by atoms with Crippen LogP contribution in [0.15, 0.2) is 23.1 Å². The number of nitrogens with zero attached hydrogens (tertiary/aromatic N) is 2.